The summed E-state index contributed by atoms with van der Waals surface area (Å²) in [6.45, 7) is 0. The van der Waals surface area contributed by atoms with Crippen LogP contribution in [0.25, 0.3) is 10.8 Å². The van der Waals surface area contributed by atoms with Gasteiger partial charge in [-0.2, -0.15) is 0 Å². The summed E-state index contributed by atoms with van der Waals surface area (Å²) in [5.41, 5.74) is 5.61. The summed E-state index contributed by atoms with van der Waals surface area (Å²) < 4.78 is 66.8. The van der Waals surface area contributed by atoms with Gasteiger partial charge in [0.1, 0.15) is 20.2 Å². The first-order chi connectivity index (χ1) is 8.60. The van der Waals surface area contributed by atoms with E-state index in [1.165, 1.54) is 18.2 Å². The molecule has 0 amide bonds. The third kappa shape index (κ3) is 4.64. The molecule has 0 radical (unpaired) electrons. The van der Waals surface area contributed by atoms with Gasteiger partial charge in [-0.05, 0) is 23.6 Å². The fourth-order valence-corrected chi connectivity index (χ4v) is 3.69. The Hall–Kier alpha value is 0.320. The van der Waals surface area contributed by atoms with Crippen LogP contribution in [0, 0.1) is 0 Å². The largest absolute Gasteiger partial charge is 1.00 e. The van der Waals surface area contributed by atoms with Crippen LogP contribution in [0.15, 0.2) is 40.1 Å². The van der Waals surface area contributed by atoms with Gasteiger partial charge in [0.05, 0.1) is 9.79 Å². The van der Waals surface area contributed by atoms with Crippen LogP contribution in [0.1, 0.15) is 0 Å². The van der Waals surface area contributed by atoms with Crippen molar-refractivity contribution in [2.75, 3.05) is 5.73 Å². The summed E-state index contributed by atoms with van der Waals surface area (Å²) in [6, 6.07) is 6.03. The number of rotatable bonds is 2. The third-order valence-electron chi connectivity index (χ3n) is 2.48. The van der Waals surface area contributed by atoms with E-state index in [0.717, 1.165) is 12.1 Å². The quantitative estimate of drug-likeness (QED) is 0.324. The predicted molar refractivity (Wildman–Crippen MR) is 64.3 cm³/mol. The Morgan fingerprint density at radius 2 is 1.38 bits per heavy atom. The maximum Gasteiger partial charge on any atom is 1.00 e. The van der Waals surface area contributed by atoms with E-state index in [2.05, 4.69) is 0 Å². The third-order valence-corrected chi connectivity index (χ3v) is 4.43. The van der Waals surface area contributed by atoms with Crippen LogP contribution in [0.5, 0.6) is 0 Å². The van der Waals surface area contributed by atoms with Gasteiger partial charge < -0.3 is 14.8 Å². The maximum absolute atomic E-state index is 11.2. The second kappa shape index (κ2) is 7.26. The number of hydrogen-bond donors (Lipinski definition) is 1. The van der Waals surface area contributed by atoms with E-state index in [9.17, 15) is 25.9 Å². The molecule has 0 aliphatic heterocycles. The van der Waals surface area contributed by atoms with Gasteiger partial charge in [-0.25, -0.2) is 16.8 Å². The van der Waals surface area contributed by atoms with Gasteiger partial charge in [-0.3, -0.25) is 0 Å². The molecule has 0 saturated heterocycles. The molecule has 102 valence electrons. The van der Waals surface area contributed by atoms with Gasteiger partial charge in [0, 0.05) is 11.1 Å². The molecule has 0 unspecified atom stereocenters. The van der Waals surface area contributed by atoms with Crippen molar-refractivity contribution in [3.63, 3.8) is 0 Å². The number of fused-ring (bicyclic) bond motifs is 1. The first-order valence-corrected chi connectivity index (χ1v) is 7.66. The minimum Gasteiger partial charge on any atom is -0.744 e. The standard InChI is InChI=1S/C10H9NO6S2.2Na/c11-7-3-1-6-2-4-9(18(12,13)14)10(8(6)5-7)19(15,16)17;;/h1-5H,11H2,(H,12,13,14)(H,15,16,17);;/q;2*+1/p-2. The van der Waals surface area contributed by atoms with E-state index in [1.807, 2.05) is 0 Å². The summed E-state index contributed by atoms with van der Waals surface area (Å²) in [5, 5.41) is 0.1000. The molecule has 0 aliphatic rings. The molecule has 0 bridgehead atoms. The van der Waals surface area contributed by atoms with Crippen LogP contribution in [0.4, 0.5) is 5.69 Å². The van der Waals surface area contributed by atoms with Crippen LogP contribution in [0.3, 0.4) is 0 Å². The van der Waals surface area contributed by atoms with Crippen molar-refractivity contribution in [2.45, 2.75) is 9.79 Å². The average Bonchev–Trinajstić information content (AvgIpc) is 2.24. The normalized spacial score (nSPS) is 11.5. The van der Waals surface area contributed by atoms with Crippen LogP contribution in [-0.2, 0) is 20.2 Å². The molecule has 21 heavy (non-hydrogen) atoms. The molecule has 11 heteroatoms. The smallest absolute Gasteiger partial charge is 0.744 e. The fourth-order valence-electron chi connectivity index (χ4n) is 1.74. The zero-order valence-corrected chi connectivity index (χ0v) is 16.9. The van der Waals surface area contributed by atoms with E-state index in [1.54, 1.807) is 0 Å². The summed E-state index contributed by atoms with van der Waals surface area (Å²) in [5.74, 6) is 0. The van der Waals surface area contributed by atoms with Gasteiger partial charge in [0.2, 0.25) is 0 Å². The van der Waals surface area contributed by atoms with Gasteiger partial charge in [0.15, 0.2) is 0 Å². The molecule has 0 fully saturated rings. The summed E-state index contributed by atoms with van der Waals surface area (Å²) >= 11 is 0. The second-order valence-electron chi connectivity index (χ2n) is 3.78. The second-order valence-corrected chi connectivity index (χ2v) is 6.45. The Morgan fingerprint density at radius 3 is 1.86 bits per heavy atom. The number of hydrogen-bond acceptors (Lipinski definition) is 7. The topological polar surface area (TPSA) is 140 Å². The van der Waals surface area contributed by atoms with Gasteiger partial charge in [-0.15, -0.1) is 0 Å². The first-order valence-electron chi connectivity index (χ1n) is 4.85. The molecular weight excluding hydrogens is 340 g/mol. The Labute approximate surface area is 166 Å². The molecule has 2 N–H and O–H groups in total. The van der Waals surface area contributed by atoms with Gasteiger partial charge >= 0.3 is 59.1 Å². The van der Waals surface area contributed by atoms with Crippen molar-refractivity contribution in [2.24, 2.45) is 0 Å². The SMILES string of the molecule is Nc1ccc2ccc(S(=O)(=O)[O-])c(S(=O)(=O)[O-])c2c1.[Na+].[Na+]. The van der Waals surface area contributed by atoms with Crippen LogP contribution < -0.4 is 64.8 Å². The number of nitrogens with two attached hydrogens (primary N) is 1. The molecule has 0 aromatic heterocycles. The molecule has 2 aromatic rings. The molecular formula is C10H7NNa2O6S2. The maximum atomic E-state index is 11.2. The first kappa shape index (κ1) is 21.3. The molecule has 0 spiro atoms. The Balaban J connectivity index is 0.00000200. The average molecular weight is 347 g/mol. The number of anilines is 1. The van der Waals surface area contributed by atoms with E-state index in [4.69, 9.17) is 5.73 Å². The van der Waals surface area contributed by atoms with E-state index < -0.39 is 30.0 Å². The Bertz CT molecular complexity index is 880. The molecule has 0 atom stereocenters. The number of benzene rings is 2. The molecule has 0 heterocycles. The predicted octanol–water partition coefficient (Wildman–Crippen LogP) is -5.76. The minimum atomic E-state index is -5.14. The molecule has 0 aliphatic carbocycles. The van der Waals surface area contributed by atoms with Crippen molar-refractivity contribution < 1.29 is 85.1 Å². The zero-order chi connectivity index (χ0) is 14.4. The summed E-state index contributed by atoms with van der Waals surface area (Å²) in [4.78, 5) is -2.13. The van der Waals surface area contributed by atoms with Crippen molar-refractivity contribution in [3.8, 4) is 0 Å². The molecule has 0 saturated carbocycles. The van der Waals surface area contributed by atoms with E-state index in [0.29, 0.717) is 0 Å². The summed E-state index contributed by atoms with van der Waals surface area (Å²) in [6.07, 6.45) is 0. The fraction of sp³-hybridized carbons (Fsp3) is 0. The van der Waals surface area contributed by atoms with Crippen LogP contribution in [0.2, 0.25) is 0 Å². The Kier molecular flexibility index (Phi) is 7.37. The van der Waals surface area contributed by atoms with E-state index in [-0.39, 0.29) is 75.6 Å². The zero-order valence-electron chi connectivity index (χ0n) is 11.2. The molecule has 7 nitrogen and oxygen atoms in total. The Morgan fingerprint density at radius 1 is 0.857 bits per heavy atom. The monoisotopic (exact) mass is 347 g/mol. The molecule has 2 aromatic carbocycles. The van der Waals surface area contributed by atoms with Crippen molar-refractivity contribution in [1.29, 1.82) is 0 Å². The van der Waals surface area contributed by atoms with Crippen molar-refractivity contribution in [1.82, 2.24) is 0 Å². The summed E-state index contributed by atoms with van der Waals surface area (Å²) in [7, 11) is -10.2. The van der Waals surface area contributed by atoms with Gasteiger partial charge in [0.25, 0.3) is 0 Å². The van der Waals surface area contributed by atoms with E-state index >= 15 is 0 Å². The van der Waals surface area contributed by atoms with Crippen molar-refractivity contribution in [3.05, 3.63) is 30.3 Å². The number of nitrogen functional groups attached to an aromatic ring is 1. The van der Waals surface area contributed by atoms with Crippen molar-refractivity contribution >= 4 is 36.7 Å². The van der Waals surface area contributed by atoms with Gasteiger partial charge in [-0.1, -0.05) is 12.1 Å². The van der Waals surface area contributed by atoms with Crippen LogP contribution in [-0.4, -0.2) is 25.9 Å². The molecule has 2 rings (SSSR count). The van der Waals surface area contributed by atoms with Crippen LogP contribution >= 0.6 is 0 Å². The minimum absolute atomic E-state index is 0.